The van der Waals surface area contributed by atoms with Crippen molar-refractivity contribution in [3.8, 4) is 11.8 Å². The molecular weight excluding hydrogens is 232 g/mol. The summed E-state index contributed by atoms with van der Waals surface area (Å²) in [7, 11) is 0. The average Bonchev–Trinajstić information content (AvgIpc) is 2.30. The fraction of sp³-hybridized carbons (Fsp3) is 0.529. The number of hydrogen-bond donors (Lipinski definition) is 2. The minimum atomic E-state index is 0.0540. The van der Waals surface area contributed by atoms with Gasteiger partial charge in [0.15, 0.2) is 0 Å². The molecule has 1 aromatic carbocycles. The Hall–Kier alpha value is -1.30. The Kier molecular flexibility index (Phi) is 5.60. The summed E-state index contributed by atoms with van der Waals surface area (Å²) in [5.74, 6) is 12.1. The summed E-state index contributed by atoms with van der Waals surface area (Å²) >= 11 is 0. The molecule has 0 aliphatic rings. The molecule has 2 heteroatoms. The summed E-state index contributed by atoms with van der Waals surface area (Å²) in [4.78, 5) is 0. The van der Waals surface area contributed by atoms with E-state index in [1.807, 2.05) is 0 Å². The third-order valence-electron chi connectivity index (χ3n) is 3.02. The number of benzene rings is 1. The highest BCUT2D eigenvalue weighted by Gasteiger charge is 2.09. The van der Waals surface area contributed by atoms with Gasteiger partial charge in [-0.15, -0.1) is 5.92 Å². The molecule has 0 saturated carbocycles. The Bertz CT molecular complexity index is 472. The lowest BCUT2D eigenvalue weighted by Crippen LogP contribution is -2.36. The van der Waals surface area contributed by atoms with Crippen LogP contribution in [0.5, 0.6) is 0 Å². The topological polar surface area (TPSA) is 38.0 Å². The highest BCUT2D eigenvalue weighted by Crippen LogP contribution is 2.14. The summed E-state index contributed by atoms with van der Waals surface area (Å²) in [5.41, 5.74) is 6.89. The van der Waals surface area contributed by atoms with E-state index in [0.29, 0.717) is 0 Å². The first kappa shape index (κ1) is 15.8. The van der Waals surface area contributed by atoms with E-state index in [1.54, 1.807) is 0 Å². The van der Waals surface area contributed by atoms with Gasteiger partial charge in [0.25, 0.3) is 0 Å². The predicted octanol–water partition coefficient (Wildman–Crippen LogP) is 3.12. The number of nitrogens with two attached hydrogens (primary N) is 1. The number of hydrogen-bond acceptors (Lipinski definition) is 2. The molecular formula is C17H26N2. The second kappa shape index (κ2) is 6.75. The summed E-state index contributed by atoms with van der Waals surface area (Å²) in [6.07, 6.45) is 1.70. The van der Waals surface area contributed by atoms with Crippen LogP contribution in [0, 0.1) is 31.1 Å². The quantitative estimate of drug-likeness (QED) is 0.495. The molecule has 0 aliphatic heterocycles. The van der Waals surface area contributed by atoms with Gasteiger partial charge in [-0.1, -0.05) is 29.7 Å². The van der Waals surface area contributed by atoms with E-state index in [-0.39, 0.29) is 11.5 Å². The lowest BCUT2D eigenvalue weighted by atomic mass is 9.95. The van der Waals surface area contributed by atoms with Gasteiger partial charge < -0.3 is 0 Å². The van der Waals surface area contributed by atoms with Gasteiger partial charge in [0.05, 0.1) is 0 Å². The molecule has 0 saturated heterocycles. The average molecular weight is 258 g/mol. The zero-order valence-corrected chi connectivity index (χ0v) is 12.8. The molecule has 0 aliphatic carbocycles. The zero-order chi connectivity index (χ0) is 14.5. The first-order valence-corrected chi connectivity index (χ1v) is 6.84. The largest absolute Gasteiger partial charge is 0.271 e. The fourth-order valence-electron chi connectivity index (χ4n) is 1.92. The van der Waals surface area contributed by atoms with Crippen LogP contribution in [-0.2, 0) is 6.42 Å². The minimum Gasteiger partial charge on any atom is -0.271 e. The van der Waals surface area contributed by atoms with Crippen molar-refractivity contribution in [2.24, 2.45) is 11.3 Å². The van der Waals surface area contributed by atoms with Crippen LogP contribution in [0.3, 0.4) is 0 Å². The van der Waals surface area contributed by atoms with Crippen molar-refractivity contribution in [3.05, 3.63) is 34.9 Å². The maximum atomic E-state index is 5.64. The molecule has 104 valence electrons. The van der Waals surface area contributed by atoms with Gasteiger partial charge in [-0.2, -0.15) is 0 Å². The Morgan fingerprint density at radius 2 is 1.95 bits per heavy atom. The Morgan fingerprint density at radius 3 is 2.53 bits per heavy atom. The molecule has 0 aromatic heterocycles. The summed E-state index contributed by atoms with van der Waals surface area (Å²) in [6, 6.07) is 6.74. The van der Waals surface area contributed by atoms with Crippen LogP contribution in [-0.4, -0.2) is 6.04 Å². The smallest absolute Gasteiger partial charge is 0.0360 e. The number of nitrogens with one attached hydrogen (secondary N) is 1. The highest BCUT2D eigenvalue weighted by molar-refractivity contribution is 5.31. The lowest BCUT2D eigenvalue weighted by molar-refractivity contribution is 0.531. The van der Waals surface area contributed by atoms with Crippen molar-refractivity contribution in [3.63, 3.8) is 0 Å². The van der Waals surface area contributed by atoms with Crippen LogP contribution < -0.4 is 11.3 Å². The minimum absolute atomic E-state index is 0.0540. The van der Waals surface area contributed by atoms with Crippen molar-refractivity contribution in [2.45, 2.75) is 53.5 Å². The van der Waals surface area contributed by atoms with Crippen molar-refractivity contribution < 1.29 is 0 Å². The molecule has 19 heavy (non-hydrogen) atoms. The van der Waals surface area contributed by atoms with Gasteiger partial charge in [-0.25, -0.2) is 0 Å². The third-order valence-corrected chi connectivity index (χ3v) is 3.02. The molecule has 0 bridgehead atoms. The van der Waals surface area contributed by atoms with E-state index in [4.69, 9.17) is 5.84 Å². The van der Waals surface area contributed by atoms with Gasteiger partial charge in [0, 0.05) is 17.9 Å². The first-order chi connectivity index (χ1) is 8.81. The number of hydrazine groups is 1. The Morgan fingerprint density at radius 1 is 1.26 bits per heavy atom. The van der Waals surface area contributed by atoms with Crippen LogP contribution in [0.15, 0.2) is 18.2 Å². The van der Waals surface area contributed by atoms with Crippen LogP contribution in [0.25, 0.3) is 0 Å². The van der Waals surface area contributed by atoms with E-state index < -0.39 is 0 Å². The normalized spacial score (nSPS) is 12.7. The molecule has 0 radical (unpaired) electrons. The van der Waals surface area contributed by atoms with Gasteiger partial charge in [0.2, 0.25) is 0 Å². The molecule has 2 nitrogen and oxygen atoms in total. The maximum Gasteiger partial charge on any atom is 0.0360 e. The van der Waals surface area contributed by atoms with Crippen molar-refractivity contribution >= 4 is 0 Å². The predicted molar refractivity (Wildman–Crippen MR) is 82.6 cm³/mol. The molecule has 0 fully saturated rings. The van der Waals surface area contributed by atoms with Crippen molar-refractivity contribution in [1.82, 2.24) is 5.43 Å². The molecule has 1 aromatic rings. The summed E-state index contributed by atoms with van der Waals surface area (Å²) in [5, 5.41) is 0. The van der Waals surface area contributed by atoms with Crippen LogP contribution in [0.1, 0.15) is 43.9 Å². The van der Waals surface area contributed by atoms with E-state index >= 15 is 0 Å². The highest BCUT2D eigenvalue weighted by atomic mass is 15.2. The summed E-state index contributed by atoms with van der Waals surface area (Å²) in [6.45, 7) is 10.6. The van der Waals surface area contributed by atoms with E-state index in [2.05, 4.69) is 70.1 Å². The van der Waals surface area contributed by atoms with E-state index in [1.165, 1.54) is 16.7 Å². The van der Waals surface area contributed by atoms with Gasteiger partial charge in [-0.05, 0) is 52.2 Å². The van der Waals surface area contributed by atoms with Crippen LogP contribution >= 0.6 is 0 Å². The maximum absolute atomic E-state index is 5.64. The molecule has 0 heterocycles. The molecule has 0 amide bonds. The molecule has 3 N–H and O–H groups in total. The molecule has 0 spiro atoms. The van der Waals surface area contributed by atoms with Crippen LogP contribution in [0.4, 0.5) is 0 Å². The monoisotopic (exact) mass is 258 g/mol. The second-order valence-corrected chi connectivity index (χ2v) is 6.25. The second-order valence-electron chi connectivity index (χ2n) is 6.25. The number of rotatable bonds is 4. The first-order valence-electron chi connectivity index (χ1n) is 6.84. The van der Waals surface area contributed by atoms with Crippen molar-refractivity contribution in [2.75, 3.05) is 0 Å². The molecule has 1 rings (SSSR count). The molecule has 1 atom stereocenters. The fourth-order valence-corrected chi connectivity index (χ4v) is 1.92. The zero-order valence-electron chi connectivity index (χ0n) is 12.8. The van der Waals surface area contributed by atoms with E-state index in [9.17, 15) is 0 Å². The number of aryl methyl sites for hydroxylation is 2. The molecule has 1 unspecified atom stereocenters. The standard InChI is InChI=1S/C17H26N2/c1-13-8-9-14(2)15(11-13)12-16(19-18)7-6-10-17(3,4)5/h8-9,11,16,19H,7,12,18H2,1-5H3. The van der Waals surface area contributed by atoms with Gasteiger partial charge in [0.1, 0.15) is 0 Å². The lowest BCUT2D eigenvalue weighted by Gasteiger charge is -2.15. The third kappa shape index (κ3) is 5.92. The van der Waals surface area contributed by atoms with E-state index in [0.717, 1.165) is 12.8 Å². The summed E-state index contributed by atoms with van der Waals surface area (Å²) < 4.78 is 0. The van der Waals surface area contributed by atoms with Gasteiger partial charge >= 0.3 is 0 Å². The Balaban J connectivity index is 2.71. The Labute approximate surface area is 117 Å². The van der Waals surface area contributed by atoms with Crippen LogP contribution in [0.2, 0.25) is 0 Å². The SMILES string of the molecule is Cc1ccc(C)c(CC(CC#CC(C)(C)C)NN)c1. The van der Waals surface area contributed by atoms with Crippen molar-refractivity contribution in [1.29, 1.82) is 0 Å². The van der Waals surface area contributed by atoms with Gasteiger partial charge in [-0.3, -0.25) is 11.3 Å².